The quantitative estimate of drug-likeness (QED) is 0.798. The van der Waals surface area contributed by atoms with Crippen LogP contribution in [-0.4, -0.2) is 18.6 Å². The molecule has 1 aromatic carbocycles. The lowest BCUT2D eigenvalue weighted by Crippen LogP contribution is -2.54. The molecule has 0 aliphatic carbocycles. The molecule has 0 fully saturated rings. The zero-order valence-corrected chi connectivity index (χ0v) is 10.5. The van der Waals surface area contributed by atoms with E-state index in [4.69, 9.17) is 10.5 Å². The lowest BCUT2D eigenvalue weighted by Gasteiger charge is -2.40. The van der Waals surface area contributed by atoms with Crippen LogP contribution in [0.3, 0.4) is 0 Å². The molecule has 0 saturated carbocycles. The number of nitrogens with two attached hydrogens (primary N) is 1. The van der Waals surface area contributed by atoms with Gasteiger partial charge in [0, 0.05) is 18.8 Å². The molecule has 4 nitrogen and oxygen atoms in total. The number of carbonyl (C=O) groups excluding carboxylic acids is 1. The van der Waals surface area contributed by atoms with E-state index in [0.717, 1.165) is 5.69 Å². The maximum absolute atomic E-state index is 12.3. The smallest absolute Gasteiger partial charge is 0.270 e. The summed E-state index contributed by atoms with van der Waals surface area (Å²) in [7, 11) is 1.78. The fraction of sp³-hybridized carbons (Fsp3) is 0.462. The minimum atomic E-state index is -0.741. The van der Waals surface area contributed by atoms with Crippen molar-refractivity contribution in [2.45, 2.75) is 32.3 Å². The fourth-order valence-corrected chi connectivity index (χ4v) is 2.26. The first-order chi connectivity index (χ1) is 8.04. The number of fused-ring (bicyclic) bond motifs is 1. The van der Waals surface area contributed by atoms with Crippen molar-refractivity contribution in [1.82, 2.24) is 0 Å². The van der Waals surface area contributed by atoms with E-state index in [9.17, 15) is 4.79 Å². The second kappa shape index (κ2) is 3.95. The van der Waals surface area contributed by atoms with Crippen molar-refractivity contribution in [3.05, 3.63) is 18.2 Å². The van der Waals surface area contributed by atoms with Crippen LogP contribution >= 0.6 is 0 Å². The standard InChI is InChI=1S/C13H18N2O2/c1-4-13(5-2)12(16)15(3)10-7-6-9(14)8-11(10)17-13/h6-8H,4-5,14H2,1-3H3. The summed E-state index contributed by atoms with van der Waals surface area (Å²) >= 11 is 0. The summed E-state index contributed by atoms with van der Waals surface area (Å²) in [6, 6.07) is 5.37. The van der Waals surface area contributed by atoms with Crippen molar-refractivity contribution in [3.63, 3.8) is 0 Å². The highest BCUT2D eigenvalue weighted by Crippen LogP contribution is 2.40. The molecule has 17 heavy (non-hydrogen) atoms. The minimum Gasteiger partial charge on any atom is -0.475 e. The van der Waals surface area contributed by atoms with E-state index in [1.165, 1.54) is 0 Å². The number of hydrogen-bond donors (Lipinski definition) is 1. The largest absolute Gasteiger partial charge is 0.475 e. The van der Waals surface area contributed by atoms with Gasteiger partial charge in [0.05, 0.1) is 5.69 Å². The molecular weight excluding hydrogens is 216 g/mol. The van der Waals surface area contributed by atoms with Crippen LogP contribution in [0.15, 0.2) is 18.2 Å². The fourth-order valence-electron chi connectivity index (χ4n) is 2.26. The van der Waals surface area contributed by atoms with Crippen LogP contribution in [0.5, 0.6) is 5.75 Å². The van der Waals surface area contributed by atoms with E-state index in [1.807, 2.05) is 19.9 Å². The van der Waals surface area contributed by atoms with Gasteiger partial charge >= 0.3 is 0 Å². The molecule has 1 heterocycles. The zero-order chi connectivity index (χ0) is 12.6. The highest BCUT2D eigenvalue weighted by Gasteiger charge is 2.44. The van der Waals surface area contributed by atoms with Gasteiger partial charge in [-0.3, -0.25) is 4.79 Å². The van der Waals surface area contributed by atoms with Gasteiger partial charge in [-0.2, -0.15) is 0 Å². The monoisotopic (exact) mass is 234 g/mol. The van der Waals surface area contributed by atoms with Crippen molar-refractivity contribution in [2.75, 3.05) is 17.7 Å². The first kappa shape index (κ1) is 11.8. The molecule has 0 radical (unpaired) electrons. The van der Waals surface area contributed by atoms with E-state index < -0.39 is 5.60 Å². The van der Waals surface area contributed by atoms with Crippen LogP contribution in [-0.2, 0) is 4.79 Å². The molecule has 92 valence electrons. The molecule has 0 spiro atoms. The average Bonchev–Trinajstić information content (AvgIpc) is 2.33. The summed E-state index contributed by atoms with van der Waals surface area (Å²) in [6.45, 7) is 3.93. The maximum atomic E-state index is 12.3. The molecule has 0 saturated heterocycles. The Kier molecular flexibility index (Phi) is 2.73. The highest BCUT2D eigenvalue weighted by molar-refractivity contribution is 6.02. The second-order valence-corrected chi connectivity index (χ2v) is 4.39. The van der Waals surface area contributed by atoms with Crippen LogP contribution in [0, 0.1) is 0 Å². The molecule has 4 heteroatoms. The molecule has 1 aliphatic heterocycles. The number of amides is 1. The van der Waals surface area contributed by atoms with E-state index in [-0.39, 0.29) is 5.91 Å². The Balaban J connectivity index is 2.53. The molecular formula is C13H18N2O2. The van der Waals surface area contributed by atoms with Gasteiger partial charge in [-0.15, -0.1) is 0 Å². The predicted octanol–water partition coefficient (Wildman–Crippen LogP) is 2.18. The van der Waals surface area contributed by atoms with E-state index in [2.05, 4.69) is 0 Å². The van der Waals surface area contributed by atoms with Crippen LogP contribution in [0.4, 0.5) is 11.4 Å². The van der Waals surface area contributed by atoms with Crippen molar-refractivity contribution < 1.29 is 9.53 Å². The van der Waals surface area contributed by atoms with Crippen LogP contribution in [0.1, 0.15) is 26.7 Å². The molecule has 0 unspecified atom stereocenters. The molecule has 1 aliphatic rings. The first-order valence-electron chi connectivity index (χ1n) is 5.90. The van der Waals surface area contributed by atoms with Gasteiger partial charge in [0.25, 0.3) is 5.91 Å². The third-order valence-corrected chi connectivity index (χ3v) is 3.49. The van der Waals surface area contributed by atoms with Crippen LogP contribution < -0.4 is 15.4 Å². The Morgan fingerprint density at radius 2 is 2.00 bits per heavy atom. The summed E-state index contributed by atoms with van der Waals surface area (Å²) in [5, 5.41) is 0. The lowest BCUT2D eigenvalue weighted by molar-refractivity contribution is -0.135. The van der Waals surface area contributed by atoms with Crippen molar-refractivity contribution >= 4 is 17.3 Å². The number of nitrogens with zero attached hydrogens (tertiary/aromatic N) is 1. The van der Waals surface area contributed by atoms with Crippen LogP contribution in [0.2, 0.25) is 0 Å². The Labute approximate surface area is 101 Å². The third-order valence-electron chi connectivity index (χ3n) is 3.49. The highest BCUT2D eigenvalue weighted by atomic mass is 16.5. The van der Waals surface area contributed by atoms with E-state index >= 15 is 0 Å². The summed E-state index contributed by atoms with van der Waals surface area (Å²) in [5.41, 5.74) is 6.43. The van der Waals surface area contributed by atoms with E-state index in [0.29, 0.717) is 24.3 Å². The van der Waals surface area contributed by atoms with E-state index in [1.54, 1.807) is 24.1 Å². The van der Waals surface area contributed by atoms with Gasteiger partial charge in [-0.05, 0) is 25.0 Å². The molecule has 1 amide bonds. The van der Waals surface area contributed by atoms with Gasteiger partial charge in [0.1, 0.15) is 5.75 Å². The van der Waals surface area contributed by atoms with Gasteiger partial charge < -0.3 is 15.4 Å². The number of benzene rings is 1. The molecule has 0 aromatic heterocycles. The first-order valence-corrected chi connectivity index (χ1v) is 5.90. The summed E-state index contributed by atoms with van der Waals surface area (Å²) in [5.74, 6) is 0.704. The SMILES string of the molecule is CCC1(CC)Oc2cc(N)ccc2N(C)C1=O. The van der Waals surface area contributed by atoms with Gasteiger partial charge in [0.15, 0.2) is 5.60 Å². The van der Waals surface area contributed by atoms with Gasteiger partial charge in [0.2, 0.25) is 0 Å². The molecule has 0 atom stereocenters. The minimum absolute atomic E-state index is 0.0137. The number of rotatable bonds is 2. The summed E-state index contributed by atoms with van der Waals surface area (Å²) in [6.07, 6.45) is 1.31. The zero-order valence-electron chi connectivity index (χ0n) is 10.5. The van der Waals surface area contributed by atoms with Gasteiger partial charge in [-0.25, -0.2) is 0 Å². The van der Waals surface area contributed by atoms with Crippen molar-refractivity contribution in [1.29, 1.82) is 0 Å². The topological polar surface area (TPSA) is 55.6 Å². The maximum Gasteiger partial charge on any atom is 0.270 e. The average molecular weight is 234 g/mol. The number of carbonyl (C=O) groups is 1. The molecule has 2 N–H and O–H groups in total. The third kappa shape index (κ3) is 1.64. The number of anilines is 2. The van der Waals surface area contributed by atoms with Crippen LogP contribution in [0.25, 0.3) is 0 Å². The molecule has 0 bridgehead atoms. The van der Waals surface area contributed by atoms with Crippen molar-refractivity contribution in [3.8, 4) is 5.75 Å². The summed E-state index contributed by atoms with van der Waals surface area (Å²) in [4.78, 5) is 14.0. The Morgan fingerprint density at radius 1 is 1.35 bits per heavy atom. The Bertz CT molecular complexity index is 453. The summed E-state index contributed by atoms with van der Waals surface area (Å²) < 4.78 is 5.91. The number of hydrogen-bond acceptors (Lipinski definition) is 3. The Morgan fingerprint density at radius 3 is 2.59 bits per heavy atom. The second-order valence-electron chi connectivity index (χ2n) is 4.39. The predicted molar refractivity (Wildman–Crippen MR) is 68.2 cm³/mol. The number of ether oxygens (including phenoxy) is 1. The Hall–Kier alpha value is -1.71. The normalized spacial score (nSPS) is 17.6. The molecule has 2 rings (SSSR count). The lowest BCUT2D eigenvalue weighted by atomic mass is 9.93. The van der Waals surface area contributed by atoms with Crippen molar-refractivity contribution in [2.24, 2.45) is 0 Å². The number of likely N-dealkylation sites (N-methyl/N-ethyl adjacent to an activating group) is 1. The molecule has 1 aromatic rings. The van der Waals surface area contributed by atoms with Gasteiger partial charge in [-0.1, -0.05) is 13.8 Å². The number of nitrogen functional groups attached to an aromatic ring is 1.